The van der Waals surface area contributed by atoms with Gasteiger partial charge < -0.3 is 4.74 Å². The van der Waals surface area contributed by atoms with Crippen LogP contribution in [0, 0.1) is 10.1 Å². The Bertz CT molecular complexity index is 1150. The van der Waals surface area contributed by atoms with Gasteiger partial charge in [-0.2, -0.15) is 0 Å². The SMILES string of the molecule is COc1ccc(Cn2c(=O)c3ccc([N+](=O)[O-])cc3n(CCCCBr)c2=O)cc1. The van der Waals surface area contributed by atoms with E-state index in [9.17, 15) is 19.7 Å². The highest BCUT2D eigenvalue weighted by Crippen LogP contribution is 2.18. The first-order valence-electron chi connectivity index (χ1n) is 9.07. The first kappa shape index (κ1) is 20.8. The number of rotatable bonds is 8. The average molecular weight is 462 g/mol. The molecule has 1 aromatic heterocycles. The maximum absolute atomic E-state index is 13.1. The van der Waals surface area contributed by atoms with Crippen molar-refractivity contribution < 1.29 is 9.66 Å². The minimum atomic E-state index is -0.532. The van der Waals surface area contributed by atoms with Crippen LogP contribution in [0.1, 0.15) is 18.4 Å². The van der Waals surface area contributed by atoms with Crippen molar-refractivity contribution in [3.05, 3.63) is 79.0 Å². The largest absolute Gasteiger partial charge is 0.497 e. The number of hydrogen-bond acceptors (Lipinski definition) is 5. The van der Waals surface area contributed by atoms with E-state index in [-0.39, 0.29) is 23.1 Å². The van der Waals surface area contributed by atoms with Crippen molar-refractivity contribution in [2.24, 2.45) is 0 Å². The number of methoxy groups -OCH3 is 1. The molecule has 0 atom stereocenters. The topological polar surface area (TPSA) is 96.4 Å². The highest BCUT2D eigenvalue weighted by molar-refractivity contribution is 9.09. The van der Waals surface area contributed by atoms with Gasteiger partial charge in [0.15, 0.2) is 0 Å². The van der Waals surface area contributed by atoms with Gasteiger partial charge in [0.05, 0.1) is 29.5 Å². The highest BCUT2D eigenvalue weighted by atomic mass is 79.9. The molecule has 1 heterocycles. The van der Waals surface area contributed by atoms with Crippen LogP contribution in [0.15, 0.2) is 52.1 Å². The van der Waals surface area contributed by atoms with Gasteiger partial charge in [-0.1, -0.05) is 28.1 Å². The average Bonchev–Trinajstić information content (AvgIpc) is 2.73. The minimum absolute atomic E-state index is 0.104. The van der Waals surface area contributed by atoms with E-state index in [1.807, 2.05) is 0 Å². The van der Waals surface area contributed by atoms with Gasteiger partial charge in [-0.25, -0.2) is 4.79 Å². The number of non-ortho nitro benzene ring substituents is 1. The fourth-order valence-corrected chi connectivity index (χ4v) is 3.55. The Morgan fingerprint density at radius 3 is 2.41 bits per heavy atom. The second-order valence-electron chi connectivity index (χ2n) is 6.53. The molecule has 0 amide bonds. The van der Waals surface area contributed by atoms with Gasteiger partial charge in [-0.3, -0.25) is 24.0 Å². The summed E-state index contributed by atoms with van der Waals surface area (Å²) in [7, 11) is 1.56. The summed E-state index contributed by atoms with van der Waals surface area (Å²) in [5, 5.41) is 12.2. The predicted octanol–water partition coefficient (Wildman–Crippen LogP) is 3.30. The Balaban J connectivity index is 2.16. The molecule has 0 aliphatic heterocycles. The predicted molar refractivity (Wildman–Crippen MR) is 114 cm³/mol. The molecule has 3 rings (SSSR count). The normalized spacial score (nSPS) is 11.0. The summed E-state index contributed by atoms with van der Waals surface area (Å²) in [6.45, 7) is 0.470. The third-order valence-electron chi connectivity index (χ3n) is 4.69. The van der Waals surface area contributed by atoms with Gasteiger partial charge >= 0.3 is 5.69 Å². The molecule has 3 aromatic rings. The number of aryl methyl sites for hydroxylation is 1. The molecule has 0 radical (unpaired) electrons. The zero-order valence-electron chi connectivity index (χ0n) is 15.8. The summed E-state index contributed by atoms with van der Waals surface area (Å²) in [4.78, 5) is 36.7. The molecule has 0 fully saturated rings. The maximum Gasteiger partial charge on any atom is 0.331 e. The molecule has 0 saturated carbocycles. The summed E-state index contributed by atoms with van der Waals surface area (Å²) in [5.74, 6) is 0.680. The van der Waals surface area contributed by atoms with Crippen LogP contribution in [-0.4, -0.2) is 26.5 Å². The molecule has 0 unspecified atom stereocenters. The Morgan fingerprint density at radius 1 is 1.07 bits per heavy atom. The van der Waals surface area contributed by atoms with Crippen molar-refractivity contribution in [2.45, 2.75) is 25.9 Å². The molecule has 0 aliphatic rings. The first-order valence-corrected chi connectivity index (χ1v) is 10.2. The summed E-state index contributed by atoms with van der Waals surface area (Å²) in [6, 6.07) is 11.1. The molecule has 9 heteroatoms. The molecule has 2 aromatic carbocycles. The molecule has 29 heavy (non-hydrogen) atoms. The summed E-state index contributed by atoms with van der Waals surface area (Å²) in [6.07, 6.45) is 1.53. The Morgan fingerprint density at radius 2 is 1.79 bits per heavy atom. The molecular formula is C20H20BrN3O5. The lowest BCUT2D eigenvalue weighted by Crippen LogP contribution is -2.40. The molecule has 0 N–H and O–H groups in total. The number of unbranched alkanes of at least 4 members (excludes halogenated alkanes) is 1. The second kappa shape index (κ2) is 9.04. The Labute approximate surface area is 174 Å². The zero-order chi connectivity index (χ0) is 21.0. The van der Waals surface area contributed by atoms with Crippen LogP contribution in [-0.2, 0) is 13.1 Å². The summed E-state index contributed by atoms with van der Waals surface area (Å²) >= 11 is 3.36. The second-order valence-corrected chi connectivity index (χ2v) is 7.32. The molecule has 0 saturated heterocycles. The lowest BCUT2D eigenvalue weighted by atomic mass is 10.2. The number of nitro groups is 1. The fourth-order valence-electron chi connectivity index (χ4n) is 3.15. The number of halogens is 1. The molecular weight excluding hydrogens is 442 g/mol. The maximum atomic E-state index is 13.1. The summed E-state index contributed by atoms with van der Waals surface area (Å²) < 4.78 is 7.76. The van der Waals surface area contributed by atoms with Crippen molar-refractivity contribution in [1.82, 2.24) is 9.13 Å². The third kappa shape index (κ3) is 4.40. The smallest absolute Gasteiger partial charge is 0.331 e. The van der Waals surface area contributed by atoms with E-state index in [4.69, 9.17) is 4.74 Å². The van der Waals surface area contributed by atoms with E-state index in [2.05, 4.69) is 15.9 Å². The van der Waals surface area contributed by atoms with Crippen molar-refractivity contribution in [3.8, 4) is 5.75 Å². The first-order chi connectivity index (χ1) is 14.0. The number of fused-ring (bicyclic) bond motifs is 1. The van der Waals surface area contributed by atoms with E-state index in [1.54, 1.807) is 31.4 Å². The molecule has 0 bridgehead atoms. The van der Waals surface area contributed by atoms with Gasteiger partial charge in [-0.15, -0.1) is 0 Å². The lowest BCUT2D eigenvalue weighted by Gasteiger charge is -2.14. The lowest BCUT2D eigenvalue weighted by molar-refractivity contribution is -0.384. The molecule has 0 spiro atoms. The zero-order valence-corrected chi connectivity index (χ0v) is 17.4. The van der Waals surface area contributed by atoms with Crippen molar-refractivity contribution in [1.29, 1.82) is 0 Å². The van der Waals surface area contributed by atoms with Crippen molar-refractivity contribution in [3.63, 3.8) is 0 Å². The molecule has 8 nitrogen and oxygen atoms in total. The van der Waals surface area contributed by atoms with Gasteiger partial charge in [0.25, 0.3) is 11.2 Å². The number of hydrogen-bond donors (Lipinski definition) is 0. The van der Waals surface area contributed by atoms with Gasteiger partial charge in [0.1, 0.15) is 5.75 Å². The van der Waals surface area contributed by atoms with Gasteiger partial charge in [0, 0.05) is 24.0 Å². The number of aromatic nitrogens is 2. The van der Waals surface area contributed by atoms with Crippen LogP contribution in [0.4, 0.5) is 5.69 Å². The standard InChI is InChI=1S/C20H20BrN3O5/c1-29-16-7-4-14(5-8-16)13-23-19(25)17-9-6-15(24(27)28)12-18(17)22(20(23)26)11-3-2-10-21/h4-9,12H,2-3,10-11,13H2,1H3. The fraction of sp³-hybridized carbons (Fsp3) is 0.300. The van der Waals surface area contributed by atoms with E-state index < -0.39 is 16.2 Å². The van der Waals surface area contributed by atoms with Crippen LogP contribution in [0.5, 0.6) is 5.75 Å². The number of benzene rings is 2. The number of nitro benzene ring substituents is 1. The van der Waals surface area contributed by atoms with Gasteiger partial charge in [-0.05, 0) is 36.6 Å². The van der Waals surface area contributed by atoms with E-state index in [0.29, 0.717) is 18.7 Å². The van der Waals surface area contributed by atoms with Crippen molar-refractivity contribution >= 4 is 32.5 Å². The van der Waals surface area contributed by atoms with Crippen LogP contribution >= 0.6 is 15.9 Å². The van der Waals surface area contributed by atoms with Crippen LogP contribution in [0.2, 0.25) is 0 Å². The van der Waals surface area contributed by atoms with Crippen LogP contribution in [0.3, 0.4) is 0 Å². The van der Waals surface area contributed by atoms with E-state index in [0.717, 1.165) is 17.3 Å². The number of nitrogens with zero attached hydrogens (tertiary/aromatic N) is 3. The van der Waals surface area contributed by atoms with Gasteiger partial charge in [0.2, 0.25) is 0 Å². The molecule has 0 aliphatic carbocycles. The Kier molecular flexibility index (Phi) is 6.48. The van der Waals surface area contributed by atoms with Crippen LogP contribution in [0.25, 0.3) is 10.9 Å². The van der Waals surface area contributed by atoms with Crippen molar-refractivity contribution in [2.75, 3.05) is 12.4 Å². The number of alkyl halides is 1. The van der Waals surface area contributed by atoms with Crippen LogP contribution < -0.4 is 16.0 Å². The quantitative estimate of drug-likeness (QED) is 0.222. The van der Waals surface area contributed by atoms with E-state index >= 15 is 0 Å². The molecule has 152 valence electrons. The number of ether oxygens (including phenoxy) is 1. The minimum Gasteiger partial charge on any atom is -0.497 e. The summed E-state index contributed by atoms with van der Waals surface area (Å²) in [5.41, 5.74) is -0.0349. The third-order valence-corrected chi connectivity index (χ3v) is 5.25. The monoisotopic (exact) mass is 461 g/mol. The Hall–Kier alpha value is -2.94. The van der Waals surface area contributed by atoms with E-state index in [1.165, 1.54) is 27.3 Å². The highest BCUT2D eigenvalue weighted by Gasteiger charge is 2.16.